The van der Waals surface area contributed by atoms with Gasteiger partial charge in [-0.1, -0.05) is 41.8 Å². The highest BCUT2D eigenvalue weighted by Crippen LogP contribution is 2.25. The number of hydrogen-bond acceptors (Lipinski definition) is 3. The molecule has 116 valence electrons. The largest absolute Gasteiger partial charge is 0.465 e. The summed E-state index contributed by atoms with van der Waals surface area (Å²) in [6, 6.07) is 6.43. The van der Waals surface area contributed by atoms with Crippen molar-refractivity contribution in [3.8, 4) is 0 Å². The van der Waals surface area contributed by atoms with Gasteiger partial charge in [-0.15, -0.1) is 0 Å². The molecule has 2 rings (SSSR count). The zero-order valence-electron chi connectivity index (χ0n) is 12.9. The third-order valence-corrected chi connectivity index (χ3v) is 5.06. The third kappa shape index (κ3) is 4.30. The molecule has 0 aliphatic carbocycles. The van der Waals surface area contributed by atoms with E-state index in [9.17, 15) is 4.79 Å². The molecule has 0 saturated carbocycles. The summed E-state index contributed by atoms with van der Waals surface area (Å²) < 4.78 is 5.75. The zero-order valence-corrected chi connectivity index (χ0v) is 14.5. The maximum absolute atomic E-state index is 11.6. The second-order valence-corrected chi connectivity index (χ2v) is 6.53. The number of likely N-dealkylation sites (tertiary alicyclic amines) is 1. The van der Waals surface area contributed by atoms with Gasteiger partial charge in [-0.05, 0) is 43.5 Å². The molecule has 1 aliphatic heterocycles. The van der Waals surface area contributed by atoms with Crippen LogP contribution in [0.15, 0.2) is 22.7 Å². The lowest BCUT2D eigenvalue weighted by Crippen LogP contribution is -2.33. The minimum Gasteiger partial charge on any atom is -0.465 e. The average molecular weight is 354 g/mol. The van der Waals surface area contributed by atoms with E-state index in [0.717, 1.165) is 11.0 Å². The van der Waals surface area contributed by atoms with E-state index >= 15 is 0 Å². The summed E-state index contributed by atoms with van der Waals surface area (Å²) in [5, 5.41) is 0. The van der Waals surface area contributed by atoms with Gasteiger partial charge in [0.05, 0.1) is 12.7 Å². The van der Waals surface area contributed by atoms with Crippen molar-refractivity contribution in [1.82, 2.24) is 4.90 Å². The Morgan fingerprint density at radius 3 is 2.86 bits per heavy atom. The first kappa shape index (κ1) is 16.5. The molecule has 0 radical (unpaired) electrons. The fourth-order valence-electron chi connectivity index (χ4n) is 3.05. The molecule has 4 heteroatoms. The van der Waals surface area contributed by atoms with Crippen LogP contribution < -0.4 is 0 Å². The minimum absolute atomic E-state index is 0.288. The van der Waals surface area contributed by atoms with Crippen molar-refractivity contribution in [3.05, 3.63) is 33.8 Å². The summed E-state index contributed by atoms with van der Waals surface area (Å²) in [5.74, 6) is -0.288. The van der Waals surface area contributed by atoms with E-state index in [0.29, 0.717) is 11.6 Å². The summed E-state index contributed by atoms with van der Waals surface area (Å²) >= 11 is 3.60. The second-order valence-electron chi connectivity index (χ2n) is 5.68. The minimum atomic E-state index is -0.288. The van der Waals surface area contributed by atoms with Crippen molar-refractivity contribution in [3.63, 3.8) is 0 Å². The Kier molecular flexibility index (Phi) is 6.24. The SMILES string of the molecule is CCC1CCCCCN1Cc1ccc(C(=O)OC)cc1Br. The van der Waals surface area contributed by atoms with Crippen LogP contribution >= 0.6 is 15.9 Å². The number of methoxy groups -OCH3 is 1. The maximum atomic E-state index is 11.6. The quantitative estimate of drug-likeness (QED) is 0.751. The third-order valence-electron chi connectivity index (χ3n) is 4.32. The lowest BCUT2D eigenvalue weighted by molar-refractivity contribution is 0.0600. The smallest absolute Gasteiger partial charge is 0.337 e. The average Bonchev–Trinajstić information content (AvgIpc) is 2.73. The Bertz CT molecular complexity index is 490. The molecule has 21 heavy (non-hydrogen) atoms. The van der Waals surface area contributed by atoms with Crippen LogP contribution in [0, 0.1) is 0 Å². The first-order chi connectivity index (χ1) is 10.2. The maximum Gasteiger partial charge on any atom is 0.337 e. The predicted octanol–water partition coefficient (Wildman–Crippen LogP) is 4.39. The van der Waals surface area contributed by atoms with E-state index in [1.54, 1.807) is 0 Å². The molecular weight excluding hydrogens is 330 g/mol. The highest BCUT2D eigenvalue weighted by Gasteiger charge is 2.20. The normalized spacial score (nSPS) is 20.0. The Labute approximate surface area is 135 Å². The molecule has 1 aliphatic rings. The molecule has 1 aromatic rings. The molecule has 1 saturated heterocycles. The number of benzene rings is 1. The topological polar surface area (TPSA) is 29.5 Å². The zero-order chi connectivity index (χ0) is 15.2. The van der Waals surface area contributed by atoms with Gasteiger partial charge in [0.25, 0.3) is 0 Å². The van der Waals surface area contributed by atoms with Crippen LogP contribution in [0.4, 0.5) is 0 Å². The standard InChI is InChI=1S/C17H24BrNO2/c1-3-15-7-5-4-6-10-19(15)12-14-9-8-13(11-16(14)18)17(20)21-2/h8-9,11,15H,3-7,10,12H2,1-2H3. The van der Waals surface area contributed by atoms with E-state index in [-0.39, 0.29) is 5.97 Å². The lowest BCUT2D eigenvalue weighted by Gasteiger charge is -2.29. The molecule has 0 spiro atoms. The molecule has 0 bridgehead atoms. The van der Waals surface area contributed by atoms with Crippen LogP contribution in [-0.2, 0) is 11.3 Å². The first-order valence-corrected chi connectivity index (χ1v) is 8.55. The van der Waals surface area contributed by atoms with Crippen LogP contribution in [0.2, 0.25) is 0 Å². The van der Waals surface area contributed by atoms with Crippen LogP contribution in [0.3, 0.4) is 0 Å². The van der Waals surface area contributed by atoms with Gasteiger partial charge < -0.3 is 4.74 Å². The molecule has 1 fully saturated rings. The van der Waals surface area contributed by atoms with Crippen molar-refractivity contribution >= 4 is 21.9 Å². The highest BCUT2D eigenvalue weighted by molar-refractivity contribution is 9.10. The Morgan fingerprint density at radius 1 is 1.38 bits per heavy atom. The van der Waals surface area contributed by atoms with Gasteiger partial charge in [-0.25, -0.2) is 4.79 Å². The number of halogens is 1. The van der Waals surface area contributed by atoms with Crippen molar-refractivity contribution < 1.29 is 9.53 Å². The fourth-order valence-corrected chi connectivity index (χ4v) is 3.55. The Morgan fingerprint density at radius 2 is 2.19 bits per heavy atom. The number of esters is 1. The summed E-state index contributed by atoms with van der Waals surface area (Å²) in [7, 11) is 1.41. The first-order valence-electron chi connectivity index (χ1n) is 7.76. The van der Waals surface area contributed by atoms with Crippen molar-refractivity contribution in [2.45, 2.75) is 51.6 Å². The molecule has 1 unspecified atom stereocenters. The van der Waals surface area contributed by atoms with E-state index in [4.69, 9.17) is 4.74 Å². The van der Waals surface area contributed by atoms with E-state index < -0.39 is 0 Å². The summed E-state index contributed by atoms with van der Waals surface area (Å²) in [5.41, 5.74) is 1.83. The molecule has 1 aromatic carbocycles. The second kappa shape index (κ2) is 7.95. The lowest BCUT2D eigenvalue weighted by atomic mass is 10.1. The van der Waals surface area contributed by atoms with Gasteiger partial charge >= 0.3 is 5.97 Å². The number of carbonyl (C=O) groups excluding carboxylic acids is 1. The van der Waals surface area contributed by atoms with E-state index in [1.165, 1.54) is 51.3 Å². The summed E-state index contributed by atoms with van der Waals surface area (Å²) in [4.78, 5) is 14.1. The van der Waals surface area contributed by atoms with Crippen molar-refractivity contribution in [1.29, 1.82) is 0 Å². The molecule has 0 aromatic heterocycles. The van der Waals surface area contributed by atoms with Gasteiger partial charge in [0.15, 0.2) is 0 Å². The van der Waals surface area contributed by atoms with Gasteiger partial charge in [0, 0.05) is 17.1 Å². The van der Waals surface area contributed by atoms with Crippen LogP contribution in [-0.4, -0.2) is 30.6 Å². The van der Waals surface area contributed by atoms with Gasteiger partial charge in [-0.3, -0.25) is 4.90 Å². The van der Waals surface area contributed by atoms with E-state index in [2.05, 4.69) is 27.8 Å². The van der Waals surface area contributed by atoms with Crippen LogP contribution in [0.1, 0.15) is 54.9 Å². The fraction of sp³-hybridized carbons (Fsp3) is 0.588. The molecule has 1 heterocycles. The number of hydrogen-bond donors (Lipinski definition) is 0. The van der Waals surface area contributed by atoms with Gasteiger partial charge in [0.2, 0.25) is 0 Å². The Balaban J connectivity index is 2.12. The monoisotopic (exact) mass is 353 g/mol. The molecule has 0 amide bonds. The van der Waals surface area contributed by atoms with Gasteiger partial charge in [-0.2, -0.15) is 0 Å². The number of nitrogens with zero attached hydrogens (tertiary/aromatic N) is 1. The predicted molar refractivity (Wildman–Crippen MR) is 88.4 cm³/mol. The van der Waals surface area contributed by atoms with Crippen molar-refractivity contribution in [2.24, 2.45) is 0 Å². The molecule has 0 N–H and O–H groups in total. The van der Waals surface area contributed by atoms with Gasteiger partial charge in [0.1, 0.15) is 0 Å². The molecule has 1 atom stereocenters. The number of rotatable bonds is 4. The van der Waals surface area contributed by atoms with E-state index in [1.807, 2.05) is 18.2 Å². The summed E-state index contributed by atoms with van der Waals surface area (Å²) in [6.07, 6.45) is 6.48. The van der Waals surface area contributed by atoms with Crippen LogP contribution in [0.25, 0.3) is 0 Å². The molecular formula is C17H24BrNO2. The Hall–Kier alpha value is -0.870. The number of ether oxygens (including phenoxy) is 1. The van der Waals surface area contributed by atoms with Crippen molar-refractivity contribution in [2.75, 3.05) is 13.7 Å². The molecule has 3 nitrogen and oxygen atoms in total. The number of carbonyl (C=O) groups is 1. The summed E-state index contributed by atoms with van der Waals surface area (Å²) in [6.45, 7) is 4.39. The van der Waals surface area contributed by atoms with Crippen LogP contribution in [0.5, 0.6) is 0 Å². The highest BCUT2D eigenvalue weighted by atomic mass is 79.9.